The smallest absolute Gasteiger partial charge is 0.259 e. The molecule has 0 radical (unpaired) electrons. The summed E-state index contributed by atoms with van der Waals surface area (Å²) in [6, 6.07) is 10.6. The monoisotopic (exact) mass is 485 g/mol. The van der Waals surface area contributed by atoms with Crippen molar-refractivity contribution in [3.05, 3.63) is 78.8 Å². The molecule has 0 aliphatic heterocycles. The Labute approximate surface area is 194 Å². The van der Waals surface area contributed by atoms with Crippen LogP contribution >= 0.6 is 22.7 Å². The van der Waals surface area contributed by atoms with Crippen LogP contribution in [0.25, 0.3) is 10.2 Å². The van der Waals surface area contributed by atoms with Crippen molar-refractivity contribution >= 4 is 42.9 Å². The van der Waals surface area contributed by atoms with Gasteiger partial charge in [0.1, 0.15) is 10.7 Å². The molecule has 6 nitrogen and oxygen atoms in total. The Morgan fingerprint density at radius 3 is 2.62 bits per heavy atom. The van der Waals surface area contributed by atoms with Gasteiger partial charge in [-0.2, -0.15) is 4.31 Å². The Morgan fingerprint density at radius 1 is 1.09 bits per heavy atom. The molecule has 0 unspecified atom stereocenters. The quantitative estimate of drug-likeness (QED) is 0.432. The third-order valence-electron chi connectivity index (χ3n) is 5.77. The first-order valence-electron chi connectivity index (χ1n) is 10.5. The summed E-state index contributed by atoms with van der Waals surface area (Å²) >= 11 is 3.07. The molecule has 3 heterocycles. The second-order valence-electron chi connectivity index (χ2n) is 8.07. The van der Waals surface area contributed by atoms with Crippen molar-refractivity contribution < 1.29 is 8.42 Å². The molecule has 0 saturated carbocycles. The number of rotatable bonds is 6. The molecule has 1 aliphatic carbocycles. The normalized spacial score (nSPS) is 14.2. The van der Waals surface area contributed by atoms with E-state index >= 15 is 0 Å². The minimum absolute atomic E-state index is 0.00184. The van der Waals surface area contributed by atoms with E-state index in [4.69, 9.17) is 4.98 Å². The van der Waals surface area contributed by atoms with Gasteiger partial charge in [-0.3, -0.25) is 4.79 Å². The molecule has 1 aliphatic rings. The van der Waals surface area contributed by atoms with Crippen LogP contribution in [-0.2, 0) is 36.0 Å². The lowest BCUT2D eigenvalue weighted by Crippen LogP contribution is -2.31. The first-order valence-corrected chi connectivity index (χ1v) is 13.7. The lowest BCUT2D eigenvalue weighted by molar-refractivity contribution is 0.395. The van der Waals surface area contributed by atoms with Crippen molar-refractivity contribution in [1.29, 1.82) is 0 Å². The molecule has 3 aromatic heterocycles. The molecular formula is C23H23N3O3S3. The average molecular weight is 486 g/mol. The maximum absolute atomic E-state index is 13.5. The third-order valence-corrected chi connectivity index (χ3v) is 9.62. The number of H-pyrrole nitrogens is 1. The van der Waals surface area contributed by atoms with Gasteiger partial charge in [-0.05, 0) is 61.7 Å². The van der Waals surface area contributed by atoms with Crippen molar-refractivity contribution in [2.45, 2.75) is 50.6 Å². The second kappa shape index (κ2) is 8.55. The molecule has 4 aromatic rings. The fourth-order valence-corrected chi connectivity index (χ4v) is 7.57. The zero-order valence-corrected chi connectivity index (χ0v) is 20.1. The molecule has 1 N–H and O–H groups in total. The van der Waals surface area contributed by atoms with Gasteiger partial charge in [0.25, 0.3) is 5.56 Å². The number of nitrogens with one attached hydrogen (secondary N) is 1. The summed E-state index contributed by atoms with van der Waals surface area (Å²) in [6.45, 7) is 2.14. The third kappa shape index (κ3) is 4.05. The van der Waals surface area contributed by atoms with Crippen molar-refractivity contribution in [2.75, 3.05) is 0 Å². The maximum atomic E-state index is 13.5. The molecule has 1 aromatic carbocycles. The van der Waals surface area contributed by atoms with Crippen LogP contribution in [0.15, 0.2) is 51.5 Å². The lowest BCUT2D eigenvalue weighted by Gasteiger charge is -2.21. The van der Waals surface area contributed by atoms with Crippen LogP contribution in [0.3, 0.4) is 0 Å². The Morgan fingerprint density at radius 2 is 1.88 bits per heavy atom. The van der Waals surface area contributed by atoms with Crippen LogP contribution in [0.2, 0.25) is 0 Å². The van der Waals surface area contributed by atoms with Gasteiger partial charge < -0.3 is 4.98 Å². The van der Waals surface area contributed by atoms with Crippen LogP contribution < -0.4 is 5.56 Å². The number of thiophene rings is 2. The van der Waals surface area contributed by atoms with Crippen molar-refractivity contribution in [3.63, 3.8) is 0 Å². The van der Waals surface area contributed by atoms with Gasteiger partial charge in [-0.1, -0.05) is 23.8 Å². The average Bonchev–Trinajstić information content (AvgIpc) is 3.41. The number of hydrogen-bond acceptors (Lipinski definition) is 6. The molecule has 0 fully saturated rings. The van der Waals surface area contributed by atoms with E-state index in [1.165, 1.54) is 20.5 Å². The predicted octanol–water partition coefficient (Wildman–Crippen LogP) is 4.62. The standard InChI is InChI=1S/C23H23N3O3S3/c1-15-8-10-17(11-9-15)32(28,29)26(13-16-5-4-12-30-16)14-20-24-22(27)21-18-6-2-3-7-19(18)31-23(21)25-20/h4-5,8-12H,2-3,6-7,13-14H2,1H3,(H,24,25,27). The van der Waals surface area contributed by atoms with E-state index in [1.807, 2.05) is 24.4 Å². The summed E-state index contributed by atoms with van der Waals surface area (Å²) in [5.74, 6) is 0.369. The highest BCUT2D eigenvalue weighted by Crippen LogP contribution is 2.33. The molecular weight excluding hydrogens is 462 g/mol. The number of benzene rings is 1. The summed E-state index contributed by atoms with van der Waals surface area (Å²) in [6.07, 6.45) is 4.11. The zero-order chi connectivity index (χ0) is 22.3. The molecule has 5 rings (SSSR count). The van der Waals surface area contributed by atoms with Crippen LogP contribution in [0.4, 0.5) is 0 Å². The largest absolute Gasteiger partial charge is 0.309 e. The molecule has 0 atom stereocenters. The Kier molecular flexibility index (Phi) is 5.75. The van der Waals surface area contributed by atoms with E-state index in [1.54, 1.807) is 35.6 Å². The zero-order valence-electron chi connectivity index (χ0n) is 17.6. The molecule has 32 heavy (non-hydrogen) atoms. The Bertz CT molecular complexity index is 1420. The minimum atomic E-state index is -3.78. The highest BCUT2D eigenvalue weighted by atomic mass is 32.2. The second-order valence-corrected chi connectivity index (χ2v) is 12.1. The van der Waals surface area contributed by atoms with Crippen molar-refractivity contribution in [3.8, 4) is 0 Å². The van der Waals surface area contributed by atoms with Gasteiger partial charge in [0.05, 0.1) is 16.8 Å². The van der Waals surface area contributed by atoms with E-state index in [0.29, 0.717) is 16.0 Å². The Hall–Kier alpha value is -2.33. The minimum Gasteiger partial charge on any atom is -0.309 e. The fraction of sp³-hybridized carbons (Fsp3) is 0.304. The fourth-order valence-electron chi connectivity index (χ4n) is 4.11. The predicted molar refractivity (Wildman–Crippen MR) is 129 cm³/mol. The first kappa shape index (κ1) is 21.5. The van der Waals surface area contributed by atoms with Crippen molar-refractivity contribution in [1.82, 2.24) is 14.3 Å². The molecule has 0 saturated heterocycles. The van der Waals surface area contributed by atoms with Crippen molar-refractivity contribution in [2.24, 2.45) is 0 Å². The SMILES string of the molecule is Cc1ccc(S(=O)(=O)N(Cc2nc3sc4c(c3c(=O)[nH]2)CCCC4)Cc2cccs2)cc1. The summed E-state index contributed by atoms with van der Waals surface area (Å²) in [7, 11) is -3.78. The first-order chi connectivity index (χ1) is 15.4. The van der Waals surface area contributed by atoms with Gasteiger partial charge >= 0.3 is 0 Å². The molecule has 0 amide bonds. The number of aromatic amines is 1. The highest BCUT2D eigenvalue weighted by Gasteiger charge is 2.27. The van der Waals surface area contributed by atoms with E-state index in [0.717, 1.165) is 41.7 Å². The molecule has 166 valence electrons. The number of aromatic nitrogens is 2. The van der Waals surface area contributed by atoms with E-state index in [9.17, 15) is 13.2 Å². The molecule has 0 spiro atoms. The topological polar surface area (TPSA) is 83.1 Å². The molecule has 0 bridgehead atoms. The number of hydrogen-bond donors (Lipinski definition) is 1. The van der Waals surface area contributed by atoms with Gasteiger partial charge in [-0.15, -0.1) is 22.7 Å². The summed E-state index contributed by atoms with van der Waals surface area (Å²) in [5.41, 5.74) is 1.94. The molecule has 9 heteroatoms. The number of sulfonamides is 1. The maximum Gasteiger partial charge on any atom is 0.259 e. The van der Waals surface area contributed by atoms with E-state index in [-0.39, 0.29) is 23.5 Å². The van der Waals surface area contributed by atoms with Gasteiger partial charge in [0, 0.05) is 16.3 Å². The Balaban J connectivity index is 1.54. The highest BCUT2D eigenvalue weighted by molar-refractivity contribution is 7.89. The van der Waals surface area contributed by atoms with Gasteiger partial charge in [0.2, 0.25) is 10.0 Å². The summed E-state index contributed by atoms with van der Waals surface area (Å²) in [5, 5.41) is 2.61. The van der Waals surface area contributed by atoms with Crippen LogP contribution in [-0.4, -0.2) is 22.7 Å². The van der Waals surface area contributed by atoms with Gasteiger partial charge in [0.15, 0.2) is 0 Å². The van der Waals surface area contributed by atoms with E-state index < -0.39 is 10.0 Å². The summed E-state index contributed by atoms with van der Waals surface area (Å²) < 4.78 is 28.4. The van der Waals surface area contributed by atoms with Crippen LogP contribution in [0, 0.1) is 6.92 Å². The number of aryl methyl sites for hydroxylation is 3. The van der Waals surface area contributed by atoms with Gasteiger partial charge in [-0.25, -0.2) is 13.4 Å². The number of nitrogens with zero attached hydrogens (tertiary/aromatic N) is 2. The van der Waals surface area contributed by atoms with Crippen LogP contribution in [0.5, 0.6) is 0 Å². The summed E-state index contributed by atoms with van der Waals surface area (Å²) in [4.78, 5) is 23.6. The van der Waals surface area contributed by atoms with E-state index in [2.05, 4.69) is 4.98 Å². The lowest BCUT2D eigenvalue weighted by atomic mass is 9.97. The van der Waals surface area contributed by atoms with Crippen LogP contribution in [0.1, 0.15) is 39.5 Å². The number of fused-ring (bicyclic) bond motifs is 3.